The van der Waals surface area contributed by atoms with Crippen LogP contribution in [0.15, 0.2) is 34.1 Å². The number of benzene rings is 1. The zero-order valence-electron chi connectivity index (χ0n) is 26.1. The van der Waals surface area contributed by atoms with Crippen LogP contribution in [0.4, 0.5) is 11.8 Å². The van der Waals surface area contributed by atoms with Gasteiger partial charge in [0, 0.05) is 49.5 Å². The lowest BCUT2D eigenvalue weighted by molar-refractivity contribution is -0.122. The molecule has 0 aliphatic carbocycles. The fraction of sp³-hybridized carbons (Fsp3) is 0.517. The average molecular weight is 653 g/mol. The van der Waals surface area contributed by atoms with Crippen LogP contribution in [0.1, 0.15) is 32.1 Å². The number of azide groups is 1. The van der Waals surface area contributed by atoms with Crippen LogP contribution in [-0.4, -0.2) is 95.8 Å². The van der Waals surface area contributed by atoms with E-state index in [1.165, 1.54) is 6.33 Å². The number of hydrogen-bond donors (Lipinski definition) is 4. The highest BCUT2D eigenvalue weighted by Crippen LogP contribution is 2.32. The molecular weight excluding hydrogens is 612 g/mol. The molecule has 0 aliphatic rings. The molecule has 0 bridgehead atoms. The van der Waals surface area contributed by atoms with Crippen LogP contribution in [-0.2, 0) is 30.3 Å². The van der Waals surface area contributed by atoms with E-state index >= 15 is 0 Å². The van der Waals surface area contributed by atoms with E-state index in [1.807, 2.05) is 12.1 Å². The molecule has 0 radical (unpaired) electrons. The normalized spacial score (nSPS) is 11.1. The summed E-state index contributed by atoms with van der Waals surface area (Å²) in [5.41, 5.74) is 23.3. The van der Waals surface area contributed by atoms with E-state index in [2.05, 4.69) is 35.6 Å². The Morgan fingerprint density at radius 1 is 0.936 bits per heavy atom. The first-order chi connectivity index (χ1) is 23.0. The van der Waals surface area contributed by atoms with Gasteiger partial charge in [0.1, 0.15) is 23.4 Å². The highest BCUT2D eigenvalue weighted by molar-refractivity contribution is 5.99. The van der Waals surface area contributed by atoms with Crippen molar-refractivity contribution in [2.24, 2.45) is 5.11 Å². The van der Waals surface area contributed by atoms with Crippen LogP contribution in [0.3, 0.4) is 0 Å². The van der Waals surface area contributed by atoms with Gasteiger partial charge in [-0.15, -0.1) is 0 Å². The number of carbonyl (C=O) groups excluding carboxylic acids is 2. The van der Waals surface area contributed by atoms with Gasteiger partial charge in [0.2, 0.25) is 11.8 Å². The fourth-order valence-corrected chi connectivity index (χ4v) is 4.64. The molecule has 0 atom stereocenters. The zero-order valence-corrected chi connectivity index (χ0v) is 26.1. The Hall–Kier alpha value is -5.03. The van der Waals surface area contributed by atoms with Crippen molar-refractivity contribution in [1.29, 1.82) is 0 Å². The second kappa shape index (κ2) is 18.8. The molecule has 3 aromatic heterocycles. The van der Waals surface area contributed by atoms with E-state index in [4.69, 9.17) is 40.7 Å². The molecule has 18 nitrogen and oxygen atoms in total. The number of anilines is 2. The Morgan fingerprint density at radius 3 is 2.43 bits per heavy atom. The number of carbonyl (C=O) groups is 2. The largest absolute Gasteiger partial charge is 0.424 e. The van der Waals surface area contributed by atoms with E-state index in [0.29, 0.717) is 106 Å². The van der Waals surface area contributed by atoms with Crippen molar-refractivity contribution >= 4 is 45.8 Å². The van der Waals surface area contributed by atoms with Gasteiger partial charge in [-0.2, -0.15) is 10.1 Å². The maximum Gasteiger partial charge on any atom is 0.292 e. The first-order valence-electron chi connectivity index (χ1n) is 15.4. The summed E-state index contributed by atoms with van der Waals surface area (Å²) < 4.78 is 23.1. The summed E-state index contributed by atoms with van der Waals surface area (Å²) in [6.45, 7) is 4.10. The zero-order chi connectivity index (χ0) is 33.3. The molecule has 0 saturated heterocycles. The monoisotopic (exact) mass is 652 g/mol. The minimum atomic E-state index is -0.129. The Morgan fingerprint density at radius 2 is 1.66 bits per heavy atom. The smallest absolute Gasteiger partial charge is 0.292 e. The molecule has 3 heterocycles. The van der Waals surface area contributed by atoms with Crippen LogP contribution in [0.5, 0.6) is 0 Å². The predicted octanol–water partition coefficient (Wildman–Crippen LogP) is 2.34. The van der Waals surface area contributed by atoms with E-state index in [9.17, 15) is 9.59 Å². The minimum Gasteiger partial charge on any atom is -0.424 e. The van der Waals surface area contributed by atoms with Gasteiger partial charge in [-0.1, -0.05) is 5.11 Å². The number of ether oxygens (including phenoxy) is 3. The number of fused-ring (bicyclic) bond motifs is 2. The first-order valence-corrected chi connectivity index (χ1v) is 15.4. The van der Waals surface area contributed by atoms with E-state index in [-0.39, 0.29) is 30.7 Å². The van der Waals surface area contributed by atoms with Crippen molar-refractivity contribution in [2.45, 2.75) is 38.6 Å². The SMILES string of the molecule is [N-]=[N+]=NCCOCCOCCOCCNC(=O)CCCC(=O)NCCCCn1nc(-c2ccc3oc(N)nc3c2)c2c(N)ncnc21. The Balaban J connectivity index is 1.06. The van der Waals surface area contributed by atoms with Gasteiger partial charge >= 0.3 is 0 Å². The molecule has 2 amide bonds. The Bertz CT molecular complexity index is 1650. The lowest BCUT2D eigenvalue weighted by Gasteiger charge is -2.08. The van der Waals surface area contributed by atoms with Crippen molar-refractivity contribution in [3.8, 4) is 11.3 Å². The molecular formula is C29H40N12O6. The summed E-state index contributed by atoms with van der Waals surface area (Å²) in [6.07, 6.45) is 3.85. The molecule has 252 valence electrons. The Kier molecular flexibility index (Phi) is 14.0. The van der Waals surface area contributed by atoms with Crippen LogP contribution in [0.25, 0.3) is 43.8 Å². The van der Waals surface area contributed by atoms with Gasteiger partial charge < -0.3 is 40.7 Å². The van der Waals surface area contributed by atoms with Crippen LogP contribution < -0.4 is 22.1 Å². The Labute approximate surface area is 270 Å². The van der Waals surface area contributed by atoms with Gasteiger partial charge in [0.25, 0.3) is 6.01 Å². The maximum atomic E-state index is 12.2. The lowest BCUT2D eigenvalue weighted by atomic mass is 10.1. The van der Waals surface area contributed by atoms with Gasteiger partial charge in [-0.3, -0.25) is 9.59 Å². The number of aryl methyl sites for hydroxylation is 1. The molecule has 18 heteroatoms. The van der Waals surface area contributed by atoms with Crippen LogP contribution in [0, 0.1) is 0 Å². The molecule has 1 aromatic carbocycles. The maximum absolute atomic E-state index is 12.2. The fourth-order valence-electron chi connectivity index (χ4n) is 4.64. The van der Waals surface area contributed by atoms with E-state index in [0.717, 1.165) is 18.4 Å². The third kappa shape index (κ3) is 11.1. The summed E-state index contributed by atoms with van der Waals surface area (Å²) in [7, 11) is 0. The van der Waals surface area contributed by atoms with Crippen LogP contribution >= 0.6 is 0 Å². The minimum absolute atomic E-state index is 0.0882. The van der Waals surface area contributed by atoms with Gasteiger partial charge in [0.05, 0.1) is 45.0 Å². The molecule has 4 aromatic rings. The quantitative estimate of drug-likeness (QED) is 0.0413. The standard InChI is InChI=1S/C29H40N12O6/c30-27-25-26(20-6-7-22-21(18-20)38-29(31)47-22)39-41(28(25)36-19-35-27)11-2-1-8-33-23(42)4-3-5-24(43)34-9-12-44-14-16-46-17-15-45-13-10-37-40-32/h6-7,18-19H,1-5,8-17H2,(H2,31,38)(H,33,42)(H,34,43)(H2,30,35,36). The molecule has 6 N–H and O–H groups in total. The summed E-state index contributed by atoms with van der Waals surface area (Å²) in [5.74, 6) is 0.0980. The van der Waals surface area contributed by atoms with Crippen LogP contribution in [0.2, 0.25) is 0 Å². The molecule has 0 saturated carbocycles. The molecule has 0 aliphatic heterocycles. The number of nitrogens with zero attached hydrogens (tertiary/aromatic N) is 8. The van der Waals surface area contributed by atoms with Crippen molar-refractivity contribution in [2.75, 3.05) is 70.7 Å². The van der Waals surface area contributed by atoms with Crippen molar-refractivity contribution in [3.63, 3.8) is 0 Å². The number of aromatic nitrogens is 5. The first kappa shape index (κ1) is 34.8. The third-order valence-corrected chi connectivity index (χ3v) is 6.87. The summed E-state index contributed by atoms with van der Waals surface area (Å²) in [5, 5.41) is 14.5. The topological polar surface area (TPSA) is 256 Å². The lowest BCUT2D eigenvalue weighted by Crippen LogP contribution is -2.28. The number of nitrogens with one attached hydrogen (secondary N) is 2. The number of nitrogen functional groups attached to an aromatic ring is 2. The second-order valence-corrected chi connectivity index (χ2v) is 10.3. The van der Waals surface area contributed by atoms with E-state index in [1.54, 1.807) is 10.7 Å². The van der Waals surface area contributed by atoms with Gasteiger partial charge in [-0.25, -0.2) is 14.6 Å². The molecule has 47 heavy (non-hydrogen) atoms. The second-order valence-electron chi connectivity index (χ2n) is 10.3. The number of amides is 2. The van der Waals surface area contributed by atoms with Gasteiger partial charge in [0.15, 0.2) is 11.2 Å². The predicted molar refractivity (Wildman–Crippen MR) is 173 cm³/mol. The average Bonchev–Trinajstić information content (AvgIpc) is 3.63. The summed E-state index contributed by atoms with van der Waals surface area (Å²) >= 11 is 0. The van der Waals surface area contributed by atoms with Crippen molar-refractivity contribution < 1.29 is 28.2 Å². The summed E-state index contributed by atoms with van der Waals surface area (Å²) in [4.78, 5) is 39.7. The molecule has 0 spiro atoms. The van der Waals surface area contributed by atoms with Crippen molar-refractivity contribution in [3.05, 3.63) is 35.0 Å². The molecule has 4 rings (SSSR count). The highest BCUT2D eigenvalue weighted by atomic mass is 16.5. The number of hydrogen-bond acceptors (Lipinski definition) is 13. The highest BCUT2D eigenvalue weighted by Gasteiger charge is 2.18. The van der Waals surface area contributed by atoms with Crippen molar-refractivity contribution in [1.82, 2.24) is 35.4 Å². The third-order valence-electron chi connectivity index (χ3n) is 6.87. The number of unbranched alkanes of at least 4 members (excludes halogenated alkanes) is 1. The number of nitrogens with two attached hydrogens (primary N) is 2. The van der Waals surface area contributed by atoms with Gasteiger partial charge in [-0.05, 0) is 43.0 Å². The molecule has 0 unspecified atom stereocenters. The van der Waals surface area contributed by atoms with E-state index < -0.39 is 0 Å². The number of oxazole rings is 1. The molecule has 0 fully saturated rings. The summed E-state index contributed by atoms with van der Waals surface area (Å²) in [6, 6.07) is 5.56. The number of rotatable bonds is 22.